The van der Waals surface area contributed by atoms with Crippen molar-refractivity contribution >= 4 is 11.6 Å². The fourth-order valence-electron chi connectivity index (χ4n) is 3.34. The molecule has 0 saturated carbocycles. The van der Waals surface area contributed by atoms with Crippen LogP contribution in [0.1, 0.15) is 36.1 Å². The molecule has 27 heavy (non-hydrogen) atoms. The number of benzene rings is 2. The molecule has 1 aliphatic heterocycles. The zero-order valence-corrected chi connectivity index (χ0v) is 16.0. The maximum atomic E-state index is 10.1. The summed E-state index contributed by atoms with van der Waals surface area (Å²) in [6.07, 6.45) is -2.31. The van der Waals surface area contributed by atoms with Gasteiger partial charge in [0.1, 0.15) is 18.0 Å². The molecule has 0 amide bonds. The summed E-state index contributed by atoms with van der Waals surface area (Å²) in [5, 5.41) is 30.0. The molecule has 6 heteroatoms. The highest BCUT2D eigenvalue weighted by Gasteiger charge is 2.37. The topological polar surface area (TPSA) is 79.2 Å². The van der Waals surface area contributed by atoms with Gasteiger partial charge in [0.15, 0.2) is 0 Å². The summed E-state index contributed by atoms with van der Waals surface area (Å²) in [4.78, 5) is 0. The van der Waals surface area contributed by atoms with Crippen molar-refractivity contribution < 1.29 is 24.8 Å². The third kappa shape index (κ3) is 4.81. The van der Waals surface area contributed by atoms with Crippen molar-refractivity contribution in [3.05, 3.63) is 64.2 Å². The van der Waals surface area contributed by atoms with Crippen molar-refractivity contribution in [1.82, 2.24) is 0 Å². The molecule has 1 saturated heterocycles. The molecular weight excluding hydrogens is 368 g/mol. The number of hydrogen-bond acceptors (Lipinski definition) is 5. The fraction of sp³-hybridized carbons (Fsp3) is 0.429. The Morgan fingerprint density at radius 2 is 1.89 bits per heavy atom. The van der Waals surface area contributed by atoms with Crippen molar-refractivity contribution in [3.8, 4) is 5.75 Å². The van der Waals surface area contributed by atoms with Gasteiger partial charge in [-0.15, -0.1) is 0 Å². The SMILES string of the molecule is CCOc1ccc(Cc2cc([C@@H]3CC(O)[C@H](O)C(CO)O3)ccc2Cl)cc1. The van der Waals surface area contributed by atoms with Crippen LogP contribution >= 0.6 is 11.6 Å². The molecule has 146 valence electrons. The summed E-state index contributed by atoms with van der Waals surface area (Å²) < 4.78 is 11.2. The summed E-state index contributed by atoms with van der Waals surface area (Å²) in [7, 11) is 0. The number of rotatable bonds is 6. The lowest BCUT2D eigenvalue weighted by Gasteiger charge is -2.36. The monoisotopic (exact) mass is 392 g/mol. The Morgan fingerprint density at radius 3 is 2.56 bits per heavy atom. The predicted molar refractivity (Wildman–Crippen MR) is 103 cm³/mol. The Kier molecular flexibility index (Phi) is 6.73. The summed E-state index contributed by atoms with van der Waals surface area (Å²) in [6, 6.07) is 13.5. The normalized spacial score (nSPS) is 25.4. The Bertz CT molecular complexity index is 749. The van der Waals surface area contributed by atoms with E-state index in [1.54, 1.807) is 0 Å². The van der Waals surface area contributed by atoms with Crippen LogP contribution in [0.4, 0.5) is 0 Å². The van der Waals surface area contributed by atoms with Gasteiger partial charge in [-0.3, -0.25) is 0 Å². The van der Waals surface area contributed by atoms with Crippen molar-refractivity contribution in [1.29, 1.82) is 0 Å². The lowest BCUT2D eigenvalue weighted by atomic mass is 9.92. The molecule has 2 unspecified atom stereocenters. The number of ether oxygens (including phenoxy) is 2. The molecule has 0 spiro atoms. The molecule has 2 aromatic carbocycles. The van der Waals surface area contributed by atoms with Crippen LogP contribution in [0.2, 0.25) is 5.02 Å². The average Bonchev–Trinajstić information content (AvgIpc) is 2.67. The second-order valence-corrected chi connectivity index (χ2v) is 7.15. The van der Waals surface area contributed by atoms with Gasteiger partial charge in [0.2, 0.25) is 0 Å². The highest BCUT2D eigenvalue weighted by atomic mass is 35.5. The van der Waals surface area contributed by atoms with Crippen LogP contribution in [0.3, 0.4) is 0 Å². The van der Waals surface area contributed by atoms with Gasteiger partial charge >= 0.3 is 0 Å². The van der Waals surface area contributed by atoms with Crippen LogP contribution in [0.5, 0.6) is 5.75 Å². The highest BCUT2D eigenvalue weighted by Crippen LogP contribution is 2.34. The minimum Gasteiger partial charge on any atom is -0.494 e. The molecule has 1 fully saturated rings. The van der Waals surface area contributed by atoms with Crippen LogP contribution in [0.25, 0.3) is 0 Å². The first-order valence-corrected chi connectivity index (χ1v) is 9.52. The molecule has 4 atom stereocenters. The Balaban J connectivity index is 1.78. The number of aliphatic hydroxyl groups is 3. The van der Waals surface area contributed by atoms with Gasteiger partial charge in [0, 0.05) is 11.4 Å². The van der Waals surface area contributed by atoms with E-state index in [9.17, 15) is 15.3 Å². The first-order valence-electron chi connectivity index (χ1n) is 9.14. The van der Waals surface area contributed by atoms with E-state index in [1.807, 2.05) is 49.4 Å². The minimum atomic E-state index is -1.08. The smallest absolute Gasteiger partial charge is 0.119 e. The molecule has 3 rings (SSSR count). The van der Waals surface area contributed by atoms with Gasteiger partial charge in [0.05, 0.1) is 25.4 Å². The molecule has 0 radical (unpaired) electrons. The second-order valence-electron chi connectivity index (χ2n) is 6.74. The number of halogens is 1. The molecule has 0 bridgehead atoms. The van der Waals surface area contributed by atoms with Gasteiger partial charge in [0.25, 0.3) is 0 Å². The third-order valence-electron chi connectivity index (χ3n) is 4.82. The Morgan fingerprint density at radius 1 is 1.15 bits per heavy atom. The van der Waals surface area contributed by atoms with Gasteiger partial charge < -0.3 is 24.8 Å². The zero-order chi connectivity index (χ0) is 19.4. The van der Waals surface area contributed by atoms with Crippen molar-refractivity contribution in [2.24, 2.45) is 0 Å². The van der Waals surface area contributed by atoms with E-state index in [1.165, 1.54) is 0 Å². The lowest BCUT2D eigenvalue weighted by Crippen LogP contribution is -2.47. The van der Waals surface area contributed by atoms with Crippen LogP contribution in [0, 0.1) is 0 Å². The summed E-state index contributed by atoms with van der Waals surface area (Å²) in [5.41, 5.74) is 2.92. The fourth-order valence-corrected chi connectivity index (χ4v) is 3.52. The van der Waals surface area contributed by atoms with Gasteiger partial charge in [-0.1, -0.05) is 35.9 Å². The average molecular weight is 393 g/mol. The number of aliphatic hydroxyl groups excluding tert-OH is 3. The van der Waals surface area contributed by atoms with E-state index in [4.69, 9.17) is 21.1 Å². The molecule has 5 nitrogen and oxygen atoms in total. The highest BCUT2D eigenvalue weighted by molar-refractivity contribution is 6.31. The lowest BCUT2D eigenvalue weighted by molar-refractivity contribution is -0.181. The molecule has 0 aliphatic carbocycles. The molecule has 0 aromatic heterocycles. The van der Waals surface area contributed by atoms with E-state index in [0.29, 0.717) is 18.1 Å². The minimum absolute atomic E-state index is 0.266. The maximum absolute atomic E-state index is 10.1. The standard InChI is InChI=1S/C21H25ClO5/c1-2-26-16-6-3-13(4-7-16)9-15-10-14(5-8-17(15)22)19-11-18(24)21(25)20(12-23)27-19/h3-8,10,18-21,23-25H,2,9,11-12H2,1H3/t18?,19-,20?,21-/m0/s1. The summed E-state index contributed by atoms with van der Waals surface area (Å²) in [5.74, 6) is 0.833. The number of hydrogen-bond donors (Lipinski definition) is 3. The molecule has 1 aliphatic rings. The van der Waals surface area contributed by atoms with Gasteiger partial charge in [-0.05, 0) is 48.2 Å². The summed E-state index contributed by atoms with van der Waals surface area (Å²) in [6.45, 7) is 2.23. The van der Waals surface area contributed by atoms with Crippen LogP contribution in [-0.4, -0.2) is 46.8 Å². The van der Waals surface area contributed by atoms with E-state index in [2.05, 4.69) is 0 Å². The first-order chi connectivity index (χ1) is 13.0. The quantitative estimate of drug-likeness (QED) is 0.704. The third-order valence-corrected chi connectivity index (χ3v) is 5.19. The van der Waals surface area contributed by atoms with Crippen LogP contribution in [0.15, 0.2) is 42.5 Å². The van der Waals surface area contributed by atoms with Gasteiger partial charge in [-0.2, -0.15) is 0 Å². The van der Waals surface area contributed by atoms with Crippen molar-refractivity contribution in [3.63, 3.8) is 0 Å². The van der Waals surface area contributed by atoms with E-state index < -0.39 is 24.4 Å². The molecule has 1 heterocycles. The zero-order valence-electron chi connectivity index (χ0n) is 15.2. The first kappa shape index (κ1) is 20.1. The van der Waals surface area contributed by atoms with E-state index >= 15 is 0 Å². The van der Waals surface area contributed by atoms with E-state index in [0.717, 1.165) is 22.4 Å². The molecule has 3 N–H and O–H groups in total. The molecule has 2 aromatic rings. The van der Waals surface area contributed by atoms with E-state index in [-0.39, 0.29) is 13.0 Å². The van der Waals surface area contributed by atoms with Crippen LogP contribution in [-0.2, 0) is 11.2 Å². The molecular formula is C21H25ClO5. The van der Waals surface area contributed by atoms with Crippen molar-refractivity contribution in [2.45, 2.75) is 44.2 Å². The Hall–Kier alpha value is -1.63. The summed E-state index contributed by atoms with van der Waals surface area (Å²) >= 11 is 6.38. The Labute approximate surface area is 164 Å². The second kappa shape index (κ2) is 9.04. The van der Waals surface area contributed by atoms with Crippen LogP contribution < -0.4 is 4.74 Å². The predicted octanol–water partition coefficient (Wildman–Crippen LogP) is 2.87. The van der Waals surface area contributed by atoms with Gasteiger partial charge in [-0.25, -0.2) is 0 Å². The largest absolute Gasteiger partial charge is 0.494 e. The maximum Gasteiger partial charge on any atom is 0.119 e. The van der Waals surface area contributed by atoms with Crippen molar-refractivity contribution in [2.75, 3.05) is 13.2 Å².